The lowest BCUT2D eigenvalue weighted by molar-refractivity contribution is -0.117. The van der Waals surface area contributed by atoms with Gasteiger partial charge in [-0.15, -0.1) is 0 Å². The molecular weight excluding hydrogens is 352 g/mol. The van der Waals surface area contributed by atoms with Crippen LogP contribution in [0.3, 0.4) is 0 Å². The van der Waals surface area contributed by atoms with Gasteiger partial charge in [0.05, 0.1) is 23.7 Å². The largest absolute Gasteiger partial charge is 0.496 e. The first-order chi connectivity index (χ1) is 12.5. The molecule has 3 aromatic rings. The van der Waals surface area contributed by atoms with Crippen LogP contribution in [0.4, 0.5) is 0 Å². The van der Waals surface area contributed by atoms with Crippen molar-refractivity contribution in [3.63, 3.8) is 0 Å². The zero-order chi connectivity index (χ0) is 18.3. The van der Waals surface area contributed by atoms with Gasteiger partial charge in [-0.05, 0) is 13.0 Å². The minimum Gasteiger partial charge on any atom is -0.496 e. The fraction of sp³-hybridized carbons (Fsp3) is 0.263. The number of carbonyl (C=O) groups excluding carboxylic acids is 1. The van der Waals surface area contributed by atoms with Gasteiger partial charge in [0, 0.05) is 24.7 Å². The number of ether oxygens (including phenoxy) is 3. The summed E-state index contributed by atoms with van der Waals surface area (Å²) in [6.07, 6.45) is 0.196. The van der Waals surface area contributed by atoms with Crippen LogP contribution in [0.1, 0.15) is 11.1 Å². The van der Waals surface area contributed by atoms with Crippen LogP contribution in [-0.4, -0.2) is 24.4 Å². The fourth-order valence-electron chi connectivity index (χ4n) is 2.98. The second kappa shape index (κ2) is 6.49. The van der Waals surface area contributed by atoms with Gasteiger partial charge in [-0.2, -0.15) is 4.99 Å². The summed E-state index contributed by atoms with van der Waals surface area (Å²) in [5, 5.41) is 0. The monoisotopic (exact) mass is 370 g/mol. The van der Waals surface area contributed by atoms with Crippen molar-refractivity contribution in [2.45, 2.75) is 13.3 Å². The van der Waals surface area contributed by atoms with E-state index < -0.39 is 0 Å². The van der Waals surface area contributed by atoms with Crippen molar-refractivity contribution in [3.8, 4) is 17.2 Å². The number of methoxy groups -OCH3 is 1. The Morgan fingerprint density at radius 2 is 2.04 bits per heavy atom. The maximum absolute atomic E-state index is 12.5. The smallest absolute Gasteiger partial charge is 0.252 e. The third kappa shape index (κ3) is 2.94. The second-order valence-electron chi connectivity index (χ2n) is 6.11. The van der Waals surface area contributed by atoms with Crippen LogP contribution < -0.4 is 19.0 Å². The number of aryl methyl sites for hydroxylation is 2. The highest BCUT2D eigenvalue weighted by Gasteiger charge is 2.17. The molecule has 2 heterocycles. The number of benzene rings is 2. The van der Waals surface area contributed by atoms with Crippen molar-refractivity contribution in [2.75, 3.05) is 13.9 Å². The van der Waals surface area contributed by atoms with E-state index in [1.165, 1.54) is 11.3 Å². The molecule has 0 atom stereocenters. The maximum Gasteiger partial charge on any atom is 0.252 e. The summed E-state index contributed by atoms with van der Waals surface area (Å²) >= 11 is 1.45. The molecule has 1 aliphatic rings. The summed E-state index contributed by atoms with van der Waals surface area (Å²) in [5.41, 5.74) is 2.88. The zero-order valence-electron chi connectivity index (χ0n) is 14.7. The van der Waals surface area contributed by atoms with Gasteiger partial charge in [0.1, 0.15) is 5.75 Å². The molecule has 0 saturated heterocycles. The number of nitrogens with zero attached hydrogens (tertiary/aromatic N) is 2. The number of fused-ring (bicyclic) bond motifs is 2. The normalized spacial score (nSPS) is 13.4. The van der Waals surface area contributed by atoms with E-state index in [0.29, 0.717) is 16.3 Å². The molecule has 4 rings (SSSR count). The van der Waals surface area contributed by atoms with E-state index in [9.17, 15) is 4.79 Å². The Balaban J connectivity index is 1.69. The van der Waals surface area contributed by atoms with Crippen molar-refractivity contribution >= 4 is 27.5 Å². The Morgan fingerprint density at radius 1 is 1.27 bits per heavy atom. The van der Waals surface area contributed by atoms with Crippen LogP contribution in [-0.2, 0) is 18.3 Å². The van der Waals surface area contributed by atoms with Gasteiger partial charge in [-0.3, -0.25) is 4.79 Å². The molecule has 0 bridgehead atoms. The fourth-order valence-corrected chi connectivity index (χ4v) is 4.02. The van der Waals surface area contributed by atoms with E-state index >= 15 is 0 Å². The molecule has 1 aliphatic heterocycles. The minimum atomic E-state index is -0.212. The van der Waals surface area contributed by atoms with Gasteiger partial charge < -0.3 is 18.8 Å². The predicted molar refractivity (Wildman–Crippen MR) is 98.9 cm³/mol. The van der Waals surface area contributed by atoms with E-state index in [0.717, 1.165) is 27.1 Å². The molecule has 1 amide bonds. The van der Waals surface area contributed by atoms with E-state index in [4.69, 9.17) is 14.2 Å². The molecular formula is C19H18N2O4S. The van der Waals surface area contributed by atoms with Gasteiger partial charge in [-0.1, -0.05) is 29.0 Å². The molecule has 6 nitrogen and oxygen atoms in total. The van der Waals surface area contributed by atoms with Crippen LogP contribution >= 0.6 is 11.3 Å². The first-order valence-electron chi connectivity index (χ1n) is 8.15. The highest BCUT2D eigenvalue weighted by Crippen LogP contribution is 2.36. The first kappa shape index (κ1) is 16.7. The first-order valence-corrected chi connectivity index (χ1v) is 8.97. The molecule has 1 aromatic heterocycles. The van der Waals surface area contributed by atoms with E-state index in [-0.39, 0.29) is 19.1 Å². The molecule has 26 heavy (non-hydrogen) atoms. The molecule has 134 valence electrons. The van der Waals surface area contributed by atoms with Gasteiger partial charge in [0.15, 0.2) is 16.3 Å². The number of thiazole rings is 1. The standard InChI is InChI=1S/C19H18N2O4S/c1-11-4-5-14(23-3)12(6-11)7-18(22)20-19-21(2)13-8-15-16(25-10-24-15)9-17(13)26-19/h4-6,8-9H,7,10H2,1-3H3. The van der Waals surface area contributed by atoms with Crippen molar-refractivity contribution in [1.82, 2.24) is 4.57 Å². The Bertz CT molecular complexity index is 1080. The molecule has 0 aliphatic carbocycles. The number of amides is 1. The third-order valence-corrected chi connectivity index (χ3v) is 5.40. The lowest BCUT2D eigenvalue weighted by atomic mass is 10.1. The Morgan fingerprint density at radius 3 is 2.81 bits per heavy atom. The van der Waals surface area contributed by atoms with E-state index in [1.807, 2.05) is 48.9 Å². The van der Waals surface area contributed by atoms with Crippen molar-refractivity contribution < 1.29 is 19.0 Å². The third-order valence-electron chi connectivity index (χ3n) is 4.30. The topological polar surface area (TPSA) is 62.0 Å². The Labute approximate surface area is 154 Å². The molecule has 0 unspecified atom stereocenters. The van der Waals surface area contributed by atoms with Crippen LogP contribution in [0.15, 0.2) is 35.3 Å². The molecule has 0 spiro atoms. The van der Waals surface area contributed by atoms with Crippen LogP contribution in [0, 0.1) is 6.92 Å². The summed E-state index contributed by atoms with van der Waals surface area (Å²) in [6, 6.07) is 9.63. The molecule has 0 saturated carbocycles. The number of carbonyl (C=O) groups is 1. The lowest BCUT2D eigenvalue weighted by Crippen LogP contribution is -2.14. The maximum atomic E-state index is 12.5. The summed E-state index contributed by atoms with van der Waals surface area (Å²) in [4.78, 5) is 17.5. The van der Waals surface area contributed by atoms with Gasteiger partial charge >= 0.3 is 0 Å². The van der Waals surface area contributed by atoms with Crippen LogP contribution in [0.2, 0.25) is 0 Å². The summed E-state index contributed by atoms with van der Waals surface area (Å²) in [5.74, 6) is 1.93. The Hall–Kier alpha value is -2.80. The van der Waals surface area contributed by atoms with Crippen molar-refractivity contribution in [3.05, 3.63) is 46.3 Å². The predicted octanol–water partition coefficient (Wildman–Crippen LogP) is 2.96. The average molecular weight is 370 g/mol. The highest BCUT2D eigenvalue weighted by molar-refractivity contribution is 7.16. The van der Waals surface area contributed by atoms with Gasteiger partial charge in [-0.25, -0.2) is 0 Å². The quantitative estimate of drug-likeness (QED) is 0.711. The van der Waals surface area contributed by atoms with E-state index in [2.05, 4.69) is 4.99 Å². The molecule has 2 aromatic carbocycles. The van der Waals surface area contributed by atoms with Crippen molar-refractivity contribution in [1.29, 1.82) is 0 Å². The average Bonchev–Trinajstić information content (AvgIpc) is 3.18. The van der Waals surface area contributed by atoms with Gasteiger partial charge in [0.25, 0.3) is 5.91 Å². The summed E-state index contributed by atoms with van der Waals surface area (Å²) in [7, 11) is 3.49. The van der Waals surface area contributed by atoms with Crippen molar-refractivity contribution in [2.24, 2.45) is 12.0 Å². The SMILES string of the molecule is COc1ccc(C)cc1CC(=O)N=c1sc2cc3c(cc2n1C)OCO3. The summed E-state index contributed by atoms with van der Waals surface area (Å²) in [6.45, 7) is 2.23. The van der Waals surface area contributed by atoms with Gasteiger partial charge in [0.2, 0.25) is 6.79 Å². The molecule has 7 heteroatoms. The number of rotatable bonds is 3. The number of hydrogen-bond acceptors (Lipinski definition) is 5. The zero-order valence-corrected chi connectivity index (χ0v) is 15.6. The highest BCUT2D eigenvalue weighted by atomic mass is 32.1. The molecule has 0 radical (unpaired) electrons. The molecule has 0 N–H and O–H groups in total. The van der Waals surface area contributed by atoms with Crippen LogP contribution in [0.25, 0.3) is 10.2 Å². The molecule has 0 fully saturated rings. The number of hydrogen-bond donors (Lipinski definition) is 0. The van der Waals surface area contributed by atoms with E-state index in [1.54, 1.807) is 7.11 Å². The summed E-state index contributed by atoms with van der Waals surface area (Å²) < 4.78 is 19.1. The number of aromatic nitrogens is 1. The van der Waals surface area contributed by atoms with Crippen LogP contribution in [0.5, 0.6) is 17.2 Å². The Kier molecular flexibility index (Phi) is 4.16. The lowest BCUT2D eigenvalue weighted by Gasteiger charge is -2.07. The minimum absolute atomic E-state index is 0.196. The second-order valence-corrected chi connectivity index (χ2v) is 7.12.